The van der Waals surface area contributed by atoms with Crippen molar-refractivity contribution in [1.82, 2.24) is 9.97 Å². The summed E-state index contributed by atoms with van der Waals surface area (Å²) in [6, 6.07) is 18.8. The van der Waals surface area contributed by atoms with Gasteiger partial charge < -0.3 is 10.0 Å². The quantitative estimate of drug-likeness (QED) is 0.429. The minimum atomic E-state index is -0.705. The number of carboxylic acid groups (broad SMARTS) is 1. The van der Waals surface area contributed by atoms with E-state index in [1.807, 2.05) is 18.2 Å². The van der Waals surface area contributed by atoms with Crippen LogP contribution in [0.15, 0.2) is 54.6 Å². The van der Waals surface area contributed by atoms with E-state index in [1.54, 1.807) is 0 Å². The van der Waals surface area contributed by atoms with Gasteiger partial charge in [-0.3, -0.25) is 4.79 Å². The van der Waals surface area contributed by atoms with Crippen molar-refractivity contribution in [3.05, 3.63) is 65.9 Å². The SMILES string of the molecule is Cc1ccc(-c2nc3c(nc2-c2ccccc2)CCCN3CCCCCCC(=O)O)cc1. The number of rotatable bonds is 9. The molecule has 1 aromatic heterocycles. The molecule has 166 valence electrons. The van der Waals surface area contributed by atoms with Gasteiger partial charge >= 0.3 is 5.97 Å². The van der Waals surface area contributed by atoms with Crippen LogP contribution in [-0.4, -0.2) is 34.1 Å². The van der Waals surface area contributed by atoms with Crippen LogP contribution in [-0.2, 0) is 11.2 Å². The number of carboxylic acids is 1. The first-order chi connectivity index (χ1) is 15.6. The Hall–Kier alpha value is -3.21. The largest absolute Gasteiger partial charge is 0.481 e. The summed E-state index contributed by atoms with van der Waals surface area (Å²) in [5.41, 5.74) is 6.37. The van der Waals surface area contributed by atoms with Gasteiger partial charge in [0.15, 0.2) is 5.82 Å². The number of nitrogens with zero attached hydrogens (tertiary/aromatic N) is 3. The summed E-state index contributed by atoms with van der Waals surface area (Å²) in [5, 5.41) is 8.80. The van der Waals surface area contributed by atoms with E-state index >= 15 is 0 Å². The summed E-state index contributed by atoms with van der Waals surface area (Å²) in [7, 11) is 0. The molecule has 1 aliphatic rings. The molecule has 2 aromatic carbocycles. The van der Waals surface area contributed by atoms with Gasteiger partial charge in [-0.2, -0.15) is 0 Å². The van der Waals surface area contributed by atoms with Crippen LogP contribution in [0.1, 0.15) is 49.8 Å². The molecule has 0 bridgehead atoms. The van der Waals surface area contributed by atoms with E-state index in [0.29, 0.717) is 0 Å². The van der Waals surface area contributed by atoms with E-state index in [2.05, 4.69) is 48.2 Å². The molecule has 0 saturated heterocycles. The highest BCUT2D eigenvalue weighted by Crippen LogP contribution is 2.34. The number of unbranched alkanes of at least 4 members (excludes halogenated alkanes) is 3. The third-order valence-electron chi connectivity index (χ3n) is 6.03. The van der Waals surface area contributed by atoms with Gasteiger partial charge in [0.1, 0.15) is 0 Å². The van der Waals surface area contributed by atoms with Gasteiger partial charge in [0.05, 0.1) is 17.1 Å². The third kappa shape index (κ3) is 5.34. The molecule has 0 amide bonds. The van der Waals surface area contributed by atoms with E-state index in [4.69, 9.17) is 15.1 Å². The molecule has 0 saturated carbocycles. The van der Waals surface area contributed by atoms with Crippen LogP contribution in [0.2, 0.25) is 0 Å². The van der Waals surface area contributed by atoms with E-state index in [9.17, 15) is 4.79 Å². The fraction of sp³-hybridized carbons (Fsp3) is 0.370. The predicted octanol–water partition coefficient (Wildman–Crippen LogP) is 5.91. The molecule has 0 radical (unpaired) electrons. The number of aromatic nitrogens is 2. The Labute approximate surface area is 190 Å². The van der Waals surface area contributed by atoms with Crippen LogP contribution in [0.4, 0.5) is 5.82 Å². The van der Waals surface area contributed by atoms with Gasteiger partial charge in [-0.15, -0.1) is 0 Å². The van der Waals surface area contributed by atoms with Crippen LogP contribution in [0.25, 0.3) is 22.5 Å². The van der Waals surface area contributed by atoms with Crippen molar-refractivity contribution >= 4 is 11.8 Å². The highest BCUT2D eigenvalue weighted by atomic mass is 16.4. The van der Waals surface area contributed by atoms with Gasteiger partial charge in [-0.25, -0.2) is 9.97 Å². The molecule has 1 N–H and O–H groups in total. The molecule has 5 heteroatoms. The summed E-state index contributed by atoms with van der Waals surface area (Å²) in [6.45, 7) is 4.03. The topological polar surface area (TPSA) is 66.3 Å². The fourth-order valence-corrected chi connectivity index (χ4v) is 4.29. The van der Waals surface area contributed by atoms with Crippen LogP contribution < -0.4 is 4.90 Å². The molecule has 32 heavy (non-hydrogen) atoms. The maximum atomic E-state index is 10.7. The predicted molar refractivity (Wildman–Crippen MR) is 129 cm³/mol. The van der Waals surface area contributed by atoms with Crippen molar-refractivity contribution in [2.24, 2.45) is 0 Å². The lowest BCUT2D eigenvalue weighted by molar-refractivity contribution is -0.137. The number of aryl methyl sites for hydroxylation is 2. The average molecular weight is 430 g/mol. The first kappa shape index (κ1) is 22.0. The van der Waals surface area contributed by atoms with Crippen molar-refractivity contribution < 1.29 is 9.90 Å². The van der Waals surface area contributed by atoms with Crippen molar-refractivity contribution in [2.45, 2.75) is 51.9 Å². The Morgan fingerprint density at radius 1 is 0.906 bits per heavy atom. The van der Waals surface area contributed by atoms with Crippen molar-refractivity contribution in [2.75, 3.05) is 18.0 Å². The maximum Gasteiger partial charge on any atom is 0.303 e. The van der Waals surface area contributed by atoms with Gasteiger partial charge in [-0.1, -0.05) is 73.0 Å². The standard InChI is InChI=1S/C27H31N3O2/c1-20-14-16-22(17-15-20)26-25(21-10-5-4-6-11-21)28-23-12-9-19-30(27(23)29-26)18-8-3-2-7-13-24(31)32/h4-6,10-11,14-17H,2-3,7-9,12-13,18-19H2,1H3,(H,31,32). The second-order valence-corrected chi connectivity index (χ2v) is 8.57. The van der Waals surface area contributed by atoms with Crippen LogP contribution >= 0.6 is 0 Å². The second-order valence-electron chi connectivity index (χ2n) is 8.57. The van der Waals surface area contributed by atoms with E-state index in [-0.39, 0.29) is 6.42 Å². The molecule has 0 unspecified atom stereocenters. The lowest BCUT2D eigenvalue weighted by atomic mass is 10.0. The summed E-state index contributed by atoms with van der Waals surface area (Å²) in [6.07, 6.45) is 6.09. The zero-order valence-electron chi connectivity index (χ0n) is 18.8. The fourth-order valence-electron chi connectivity index (χ4n) is 4.29. The second kappa shape index (κ2) is 10.4. The Kier molecular flexibility index (Phi) is 7.15. The van der Waals surface area contributed by atoms with E-state index in [0.717, 1.165) is 85.6 Å². The summed E-state index contributed by atoms with van der Waals surface area (Å²) in [4.78, 5) is 23.4. The molecule has 0 spiro atoms. The summed E-state index contributed by atoms with van der Waals surface area (Å²) >= 11 is 0. The molecule has 5 nitrogen and oxygen atoms in total. The van der Waals surface area contributed by atoms with Crippen LogP contribution in [0.3, 0.4) is 0 Å². The third-order valence-corrected chi connectivity index (χ3v) is 6.03. The average Bonchev–Trinajstić information content (AvgIpc) is 2.81. The molecule has 0 atom stereocenters. The lowest BCUT2D eigenvalue weighted by Gasteiger charge is -2.30. The Morgan fingerprint density at radius 3 is 2.34 bits per heavy atom. The molecule has 2 heterocycles. The molecule has 0 aliphatic carbocycles. The monoisotopic (exact) mass is 429 g/mol. The number of hydrogen-bond acceptors (Lipinski definition) is 4. The smallest absolute Gasteiger partial charge is 0.303 e. The molecular weight excluding hydrogens is 398 g/mol. The molecule has 0 fully saturated rings. The van der Waals surface area contributed by atoms with Crippen molar-refractivity contribution in [1.29, 1.82) is 0 Å². The van der Waals surface area contributed by atoms with Gasteiger partial charge in [-0.05, 0) is 32.6 Å². The van der Waals surface area contributed by atoms with Crippen LogP contribution in [0.5, 0.6) is 0 Å². The Morgan fingerprint density at radius 2 is 1.59 bits per heavy atom. The zero-order valence-corrected chi connectivity index (χ0v) is 18.8. The van der Waals surface area contributed by atoms with Gasteiger partial charge in [0, 0.05) is 30.6 Å². The number of aliphatic carboxylic acids is 1. The number of carbonyl (C=O) groups is 1. The minimum absolute atomic E-state index is 0.264. The van der Waals surface area contributed by atoms with Gasteiger partial charge in [0.2, 0.25) is 0 Å². The highest BCUT2D eigenvalue weighted by Gasteiger charge is 2.23. The highest BCUT2D eigenvalue weighted by molar-refractivity contribution is 5.79. The van der Waals surface area contributed by atoms with Crippen molar-refractivity contribution in [3.8, 4) is 22.5 Å². The Balaban J connectivity index is 1.60. The minimum Gasteiger partial charge on any atom is -0.481 e. The lowest BCUT2D eigenvalue weighted by Crippen LogP contribution is -2.32. The number of hydrogen-bond donors (Lipinski definition) is 1. The number of benzene rings is 2. The van der Waals surface area contributed by atoms with E-state index in [1.165, 1.54) is 5.56 Å². The summed E-state index contributed by atoms with van der Waals surface area (Å²) < 4.78 is 0. The molecule has 1 aliphatic heterocycles. The van der Waals surface area contributed by atoms with Gasteiger partial charge in [0.25, 0.3) is 0 Å². The first-order valence-corrected chi connectivity index (χ1v) is 11.6. The summed E-state index contributed by atoms with van der Waals surface area (Å²) in [5.74, 6) is 0.306. The van der Waals surface area contributed by atoms with Crippen molar-refractivity contribution in [3.63, 3.8) is 0 Å². The number of fused-ring (bicyclic) bond motifs is 1. The van der Waals surface area contributed by atoms with E-state index < -0.39 is 5.97 Å². The molecule has 4 rings (SSSR count). The Bertz CT molecular complexity index is 1050. The first-order valence-electron chi connectivity index (χ1n) is 11.6. The zero-order chi connectivity index (χ0) is 22.3. The van der Waals surface area contributed by atoms with Crippen LogP contribution in [0, 0.1) is 6.92 Å². The number of anilines is 1. The molecular formula is C27H31N3O2. The normalized spacial score (nSPS) is 13.1. The molecule has 3 aromatic rings. The maximum absolute atomic E-state index is 10.7.